The predicted octanol–water partition coefficient (Wildman–Crippen LogP) is 4.01. The molecule has 0 aliphatic carbocycles. The van der Waals surface area contributed by atoms with Gasteiger partial charge in [-0.15, -0.1) is 0 Å². The van der Waals surface area contributed by atoms with Crippen LogP contribution in [0.5, 0.6) is 5.75 Å². The van der Waals surface area contributed by atoms with E-state index in [1.54, 1.807) is 18.2 Å². The van der Waals surface area contributed by atoms with Crippen molar-refractivity contribution in [2.45, 2.75) is 0 Å². The summed E-state index contributed by atoms with van der Waals surface area (Å²) < 4.78 is 5.13. The molecule has 2 aromatic rings. The van der Waals surface area contributed by atoms with Crippen molar-refractivity contribution in [3.05, 3.63) is 52.0 Å². The number of amides is 1. The molecule has 1 heterocycles. The van der Waals surface area contributed by atoms with Crippen molar-refractivity contribution in [3.8, 4) is 5.75 Å². The molecule has 0 saturated carbocycles. The van der Waals surface area contributed by atoms with E-state index in [4.69, 9.17) is 27.9 Å². The fourth-order valence-corrected chi connectivity index (χ4v) is 3.52. The number of nitrogens with one attached hydrogen (secondary N) is 1. The van der Waals surface area contributed by atoms with Gasteiger partial charge >= 0.3 is 0 Å². The van der Waals surface area contributed by atoms with Crippen LogP contribution in [0.25, 0.3) is 0 Å². The zero-order chi connectivity index (χ0) is 18.7. The lowest BCUT2D eigenvalue weighted by Crippen LogP contribution is -2.44. The number of carbonyl (C=O) groups is 1. The molecule has 1 saturated heterocycles. The molecule has 7 heteroatoms. The molecule has 0 bridgehead atoms. The van der Waals surface area contributed by atoms with Gasteiger partial charge in [-0.3, -0.25) is 4.79 Å². The Balaban J connectivity index is 1.84. The molecular weight excluding hydrogens is 373 g/mol. The highest BCUT2D eigenvalue weighted by Crippen LogP contribution is 2.35. The molecule has 0 aromatic heterocycles. The molecule has 3 rings (SSSR count). The Morgan fingerprint density at radius 2 is 1.81 bits per heavy atom. The number of benzene rings is 2. The van der Waals surface area contributed by atoms with Crippen LogP contribution < -0.4 is 15.0 Å². The van der Waals surface area contributed by atoms with Gasteiger partial charge in [-0.2, -0.15) is 0 Å². The molecule has 1 aliphatic rings. The maximum atomic E-state index is 12.7. The van der Waals surface area contributed by atoms with Gasteiger partial charge in [0, 0.05) is 31.7 Å². The van der Waals surface area contributed by atoms with Crippen LogP contribution in [0.3, 0.4) is 0 Å². The Morgan fingerprint density at radius 3 is 2.46 bits per heavy atom. The van der Waals surface area contributed by atoms with Crippen LogP contribution in [-0.4, -0.2) is 51.1 Å². The third-order valence-corrected chi connectivity index (χ3v) is 5.07. The second-order valence-corrected chi connectivity index (χ2v) is 7.04. The first-order valence-electron chi connectivity index (χ1n) is 8.36. The van der Waals surface area contributed by atoms with E-state index in [1.165, 1.54) is 7.11 Å². The first-order valence-corrected chi connectivity index (χ1v) is 9.12. The number of para-hydroxylation sites is 1. The number of hydrogen-bond donors (Lipinski definition) is 1. The number of hydrogen-bond acceptors (Lipinski definition) is 4. The summed E-state index contributed by atoms with van der Waals surface area (Å²) in [5.41, 5.74) is 2.01. The lowest BCUT2D eigenvalue weighted by Gasteiger charge is -2.35. The van der Waals surface area contributed by atoms with Crippen molar-refractivity contribution < 1.29 is 9.53 Å². The minimum absolute atomic E-state index is 0.243. The average molecular weight is 394 g/mol. The summed E-state index contributed by atoms with van der Waals surface area (Å²) in [7, 11) is 3.63. The molecule has 0 unspecified atom stereocenters. The van der Waals surface area contributed by atoms with Gasteiger partial charge in [0.15, 0.2) is 0 Å². The molecule has 0 spiro atoms. The van der Waals surface area contributed by atoms with E-state index in [0.717, 1.165) is 31.9 Å². The fourth-order valence-electron chi connectivity index (χ4n) is 2.97. The highest BCUT2D eigenvalue weighted by molar-refractivity contribution is 6.34. The van der Waals surface area contributed by atoms with Crippen LogP contribution in [0.4, 0.5) is 11.4 Å². The number of halogens is 2. The summed E-state index contributed by atoms with van der Waals surface area (Å²) >= 11 is 12.6. The number of likely N-dealkylation sites (N-methyl/N-ethyl adjacent to an activating group) is 1. The number of ether oxygens (including phenoxy) is 1. The van der Waals surface area contributed by atoms with E-state index >= 15 is 0 Å². The molecule has 5 nitrogen and oxygen atoms in total. The van der Waals surface area contributed by atoms with Crippen LogP contribution in [0.2, 0.25) is 10.0 Å². The van der Waals surface area contributed by atoms with E-state index < -0.39 is 0 Å². The second-order valence-electron chi connectivity index (χ2n) is 6.23. The smallest absolute Gasteiger partial charge is 0.255 e. The quantitative estimate of drug-likeness (QED) is 0.852. The van der Waals surface area contributed by atoms with E-state index in [9.17, 15) is 4.79 Å². The Kier molecular flexibility index (Phi) is 5.91. The van der Waals surface area contributed by atoms with Gasteiger partial charge in [-0.25, -0.2) is 0 Å². The van der Waals surface area contributed by atoms with Gasteiger partial charge < -0.3 is 19.9 Å². The minimum atomic E-state index is -0.243. The second kappa shape index (κ2) is 8.16. The van der Waals surface area contributed by atoms with Gasteiger partial charge in [0.2, 0.25) is 0 Å². The lowest BCUT2D eigenvalue weighted by atomic mass is 10.1. The van der Waals surface area contributed by atoms with Gasteiger partial charge in [-0.05, 0) is 37.4 Å². The molecule has 26 heavy (non-hydrogen) atoms. The highest BCUT2D eigenvalue weighted by Gasteiger charge is 2.21. The van der Waals surface area contributed by atoms with Crippen molar-refractivity contribution in [1.82, 2.24) is 4.90 Å². The molecular formula is C19H21Cl2N3O2. The molecule has 0 radical (unpaired) electrons. The van der Waals surface area contributed by atoms with Gasteiger partial charge in [-0.1, -0.05) is 29.3 Å². The zero-order valence-electron chi connectivity index (χ0n) is 14.8. The van der Waals surface area contributed by atoms with Crippen LogP contribution in [-0.2, 0) is 0 Å². The number of carbonyl (C=O) groups excluding carboxylic acids is 1. The maximum absolute atomic E-state index is 12.7. The lowest BCUT2D eigenvalue weighted by molar-refractivity contribution is 0.102. The first-order chi connectivity index (χ1) is 12.5. The van der Waals surface area contributed by atoms with Gasteiger partial charge in [0.05, 0.1) is 28.5 Å². The van der Waals surface area contributed by atoms with E-state index in [-0.39, 0.29) is 5.91 Å². The molecule has 2 aromatic carbocycles. The molecule has 1 N–H and O–H groups in total. The van der Waals surface area contributed by atoms with Crippen molar-refractivity contribution in [2.24, 2.45) is 0 Å². The van der Waals surface area contributed by atoms with Crippen LogP contribution in [0.15, 0.2) is 36.4 Å². The highest BCUT2D eigenvalue weighted by atomic mass is 35.5. The summed E-state index contributed by atoms with van der Waals surface area (Å²) in [6.07, 6.45) is 0. The molecule has 1 fully saturated rings. The summed E-state index contributed by atoms with van der Waals surface area (Å²) in [5, 5.41) is 3.98. The molecule has 1 amide bonds. The fraction of sp³-hybridized carbons (Fsp3) is 0.316. The Bertz CT molecular complexity index is 805. The van der Waals surface area contributed by atoms with Crippen LogP contribution in [0.1, 0.15) is 10.4 Å². The standard InChI is InChI=1S/C19H21Cl2N3O2/c1-23-8-10-24(11-9-23)18-14(20)4-3-5-16(18)22-19(25)13-6-7-17(26-2)15(21)12-13/h3-7,12H,8-11H2,1-2H3,(H,22,25). The molecule has 1 aliphatic heterocycles. The number of anilines is 2. The Hall–Kier alpha value is -1.95. The van der Waals surface area contributed by atoms with E-state index in [2.05, 4.69) is 22.2 Å². The van der Waals surface area contributed by atoms with E-state index in [1.807, 2.05) is 18.2 Å². The van der Waals surface area contributed by atoms with Crippen molar-refractivity contribution in [2.75, 3.05) is 50.6 Å². The monoisotopic (exact) mass is 393 g/mol. The number of methoxy groups -OCH3 is 1. The third-order valence-electron chi connectivity index (χ3n) is 4.47. The SMILES string of the molecule is COc1ccc(C(=O)Nc2cccc(Cl)c2N2CCN(C)CC2)cc1Cl. The van der Waals surface area contributed by atoms with Crippen molar-refractivity contribution in [3.63, 3.8) is 0 Å². The largest absolute Gasteiger partial charge is 0.495 e. The normalized spacial score (nSPS) is 15.0. The molecule has 0 atom stereocenters. The number of piperazine rings is 1. The summed E-state index contributed by atoms with van der Waals surface area (Å²) in [5.74, 6) is 0.288. The molecule has 138 valence electrons. The summed E-state index contributed by atoms with van der Waals surface area (Å²) in [6, 6.07) is 10.5. The van der Waals surface area contributed by atoms with Gasteiger partial charge in [0.1, 0.15) is 5.75 Å². The van der Waals surface area contributed by atoms with Crippen molar-refractivity contribution in [1.29, 1.82) is 0 Å². The van der Waals surface area contributed by atoms with Gasteiger partial charge in [0.25, 0.3) is 5.91 Å². The van der Waals surface area contributed by atoms with Crippen LogP contribution in [0, 0.1) is 0 Å². The van der Waals surface area contributed by atoms with Crippen LogP contribution >= 0.6 is 23.2 Å². The maximum Gasteiger partial charge on any atom is 0.255 e. The predicted molar refractivity (Wildman–Crippen MR) is 107 cm³/mol. The average Bonchev–Trinajstić information content (AvgIpc) is 2.63. The van der Waals surface area contributed by atoms with Crippen molar-refractivity contribution >= 4 is 40.5 Å². The summed E-state index contributed by atoms with van der Waals surface area (Å²) in [6.45, 7) is 3.62. The summed E-state index contributed by atoms with van der Waals surface area (Å²) in [4.78, 5) is 17.2. The minimum Gasteiger partial charge on any atom is -0.495 e. The first kappa shape index (κ1) is 18.8. The Labute approximate surface area is 163 Å². The topological polar surface area (TPSA) is 44.8 Å². The third kappa shape index (κ3) is 4.06. The number of rotatable bonds is 4. The number of nitrogens with zero attached hydrogens (tertiary/aromatic N) is 2. The zero-order valence-corrected chi connectivity index (χ0v) is 16.3. The van der Waals surface area contributed by atoms with E-state index in [0.29, 0.717) is 27.0 Å². The Morgan fingerprint density at radius 1 is 1.08 bits per heavy atom.